The Morgan fingerprint density at radius 2 is 1.70 bits per heavy atom. The second kappa shape index (κ2) is 5.09. The number of para-hydroxylation sites is 2. The maximum Gasteiger partial charge on any atom is 0.434 e. The molecule has 0 aliphatic heterocycles. The zero-order valence-corrected chi connectivity index (χ0v) is 11.1. The van der Waals surface area contributed by atoms with Crippen molar-refractivity contribution in [2.24, 2.45) is 0 Å². The van der Waals surface area contributed by atoms with Gasteiger partial charge in [-0.05, 0) is 24.3 Å². The lowest BCUT2D eigenvalue weighted by Crippen LogP contribution is -2.38. The number of fused-ring (bicyclic) bond motifs is 1. The van der Waals surface area contributed by atoms with E-state index in [1.54, 1.807) is 23.9 Å². The van der Waals surface area contributed by atoms with E-state index in [-0.39, 0.29) is 0 Å². The third-order valence-corrected chi connectivity index (χ3v) is 3.11. The van der Waals surface area contributed by atoms with E-state index in [0.29, 0.717) is 5.75 Å². The molecule has 2 aromatic carbocycles. The zero-order chi connectivity index (χ0) is 13.9. The minimum atomic E-state index is -0.433. The molecular formula is C16H14N2O2. The number of aromatic nitrogens is 1. The predicted octanol–water partition coefficient (Wildman–Crippen LogP) is 3.41. The summed E-state index contributed by atoms with van der Waals surface area (Å²) < 4.78 is 7.08. The third kappa shape index (κ3) is 2.23. The van der Waals surface area contributed by atoms with Gasteiger partial charge < -0.3 is 4.74 Å². The van der Waals surface area contributed by atoms with Gasteiger partial charge in [-0.15, -0.1) is 0 Å². The number of hydrogen-bond acceptors (Lipinski definition) is 2. The molecule has 0 atom stereocenters. The summed E-state index contributed by atoms with van der Waals surface area (Å²) in [6.45, 7) is 0. The largest absolute Gasteiger partial charge is 0.434 e. The molecule has 0 spiro atoms. The van der Waals surface area contributed by atoms with Crippen LogP contribution in [0.1, 0.15) is 0 Å². The Labute approximate surface area is 116 Å². The lowest BCUT2D eigenvalue weighted by molar-refractivity contribution is 0.203. The van der Waals surface area contributed by atoms with Crippen molar-refractivity contribution in [2.75, 3.05) is 12.1 Å². The van der Waals surface area contributed by atoms with Crippen molar-refractivity contribution >= 4 is 17.0 Å². The maximum absolute atomic E-state index is 12.1. The molecular weight excluding hydrogens is 252 g/mol. The van der Waals surface area contributed by atoms with Crippen LogP contribution in [0.3, 0.4) is 0 Å². The fourth-order valence-corrected chi connectivity index (χ4v) is 2.07. The standard InChI is InChI=1S/C16H14N2O2/c1-17(16(19)20-14-8-3-2-4-9-14)18-12-11-13-7-5-6-10-15(13)18/h2-12H,1H3. The van der Waals surface area contributed by atoms with Gasteiger partial charge in [0.15, 0.2) is 0 Å². The van der Waals surface area contributed by atoms with E-state index < -0.39 is 6.09 Å². The molecule has 1 aromatic heterocycles. The number of benzene rings is 2. The van der Waals surface area contributed by atoms with Crippen molar-refractivity contribution in [3.05, 3.63) is 66.9 Å². The molecule has 100 valence electrons. The molecule has 0 aliphatic rings. The first-order valence-corrected chi connectivity index (χ1v) is 6.33. The van der Waals surface area contributed by atoms with Gasteiger partial charge in [0.2, 0.25) is 0 Å². The van der Waals surface area contributed by atoms with Crippen molar-refractivity contribution in [3.63, 3.8) is 0 Å². The molecule has 3 aromatic rings. The summed E-state index contributed by atoms with van der Waals surface area (Å²) in [7, 11) is 1.68. The van der Waals surface area contributed by atoms with E-state index in [9.17, 15) is 4.79 Å². The molecule has 0 saturated carbocycles. The molecule has 0 unspecified atom stereocenters. The normalized spacial score (nSPS) is 10.4. The van der Waals surface area contributed by atoms with E-state index in [0.717, 1.165) is 10.9 Å². The van der Waals surface area contributed by atoms with Crippen LogP contribution in [0, 0.1) is 0 Å². The van der Waals surface area contributed by atoms with Crippen molar-refractivity contribution in [1.82, 2.24) is 4.68 Å². The van der Waals surface area contributed by atoms with Crippen molar-refractivity contribution in [1.29, 1.82) is 0 Å². The molecule has 0 aliphatic carbocycles. The van der Waals surface area contributed by atoms with Gasteiger partial charge in [0.1, 0.15) is 5.75 Å². The number of nitrogens with zero attached hydrogens (tertiary/aromatic N) is 2. The van der Waals surface area contributed by atoms with Crippen molar-refractivity contribution in [3.8, 4) is 5.75 Å². The first-order chi connectivity index (χ1) is 9.75. The summed E-state index contributed by atoms with van der Waals surface area (Å²) in [4.78, 5) is 12.1. The number of hydrogen-bond donors (Lipinski definition) is 0. The Morgan fingerprint density at radius 3 is 2.50 bits per heavy atom. The molecule has 0 fully saturated rings. The second-order valence-electron chi connectivity index (χ2n) is 4.42. The quantitative estimate of drug-likeness (QED) is 0.712. The molecule has 0 N–H and O–H groups in total. The summed E-state index contributed by atoms with van der Waals surface area (Å²) in [6, 6.07) is 18.9. The number of carbonyl (C=O) groups excluding carboxylic acids is 1. The minimum Gasteiger partial charge on any atom is -0.409 e. The minimum absolute atomic E-state index is 0.433. The Hall–Kier alpha value is -2.75. The predicted molar refractivity (Wildman–Crippen MR) is 78.5 cm³/mol. The van der Waals surface area contributed by atoms with E-state index in [4.69, 9.17) is 4.74 Å². The Balaban J connectivity index is 1.85. The average Bonchev–Trinajstić information content (AvgIpc) is 2.91. The molecule has 0 bridgehead atoms. The monoisotopic (exact) mass is 266 g/mol. The van der Waals surface area contributed by atoms with Gasteiger partial charge in [0.05, 0.1) is 5.52 Å². The van der Waals surface area contributed by atoms with Gasteiger partial charge in [-0.2, -0.15) is 0 Å². The van der Waals surface area contributed by atoms with Crippen LogP contribution >= 0.6 is 0 Å². The Kier molecular flexibility index (Phi) is 3.13. The highest BCUT2D eigenvalue weighted by atomic mass is 16.6. The highest BCUT2D eigenvalue weighted by Crippen LogP contribution is 2.16. The fraction of sp³-hybridized carbons (Fsp3) is 0.0625. The van der Waals surface area contributed by atoms with Crippen LogP contribution in [-0.4, -0.2) is 17.8 Å². The highest BCUT2D eigenvalue weighted by Gasteiger charge is 2.14. The summed E-state index contributed by atoms with van der Waals surface area (Å²) >= 11 is 0. The number of amides is 1. The van der Waals surface area contributed by atoms with Crippen LogP contribution in [0.4, 0.5) is 4.79 Å². The van der Waals surface area contributed by atoms with Crippen LogP contribution in [0.15, 0.2) is 66.9 Å². The molecule has 0 saturated heterocycles. The first-order valence-electron chi connectivity index (χ1n) is 6.33. The highest BCUT2D eigenvalue weighted by molar-refractivity contribution is 5.86. The molecule has 1 heterocycles. The molecule has 0 radical (unpaired) electrons. The van der Waals surface area contributed by atoms with Gasteiger partial charge in [0.25, 0.3) is 0 Å². The van der Waals surface area contributed by atoms with Gasteiger partial charge in [0, 0.05) is 18.6 Å². The Bertz CT molecular complexity index is 734. The lowest BCUT2D eigenvalue weighted by atomic mass is 10.3. The van der Waals surface area contributed by atoms with Gasteiger partial charge in [-0.25, -0.2) is 9.80 Å². The summed E-state index contributed by atoms with van der Waals surface area (Å²) in [5.74, 6) is 0.529. The van der Waals surface area contributed by atoms with Crippen molar-refractivity contribution < 1.29 is 9.53 Å². The number of carbonyl (C=O) groups is 1. The van der Waals surface area contributed by atoms with Crippen LogP contribution in [0.5, 0.6) is 5.75 Å². The van der Waals surface area contributed by atoms with E-state index in [2.05, 4.69) is 0 Å². The molecule has 20 heavy (non-hydrogen) atoms. The molecule has 1 amide bonds. The SMILES string of the molecule is CN(C(=O)Oc1ccccc1)n1ccc2ccccc21. The second-order valence-corrected chi connectivity index (χ2v) is 4.42. The van der Waals surface area contributed by atoms with Crippen LogP contribution in [0.25, 0.3) is 10.9 Å². The van der Waals surface area contributed by atoms with Crippen LogP contribution < -0.4 is 9.75 Å². The smallest absolute Gasteiger partial charge is 0.409 e. The number of ether oxygens (including phenoxy) is 1. The summed E-state index contributed by atoms with van der Waals surface area (Å²) in [5, 5.41) is 2.52. The average molecular weight is 266 g/mol. The van der Waals surface area contributed by atoms with Gasteiger partial charge in [-0.3, -0.25) is 4.68 Å². The topological polar surface area (TPSA) is 34.5 Å². The zero-order valence-electron chi connectivity index (χ0n) is 11.1. The molecule has 4 nitrogen and oxygen atoms in total. The van der Waals surface area contributed by atoms with E-state index >= 15 is 0 Å². The number of rotatable bonds is 2. The summed E-state index contributed by atoms with van der Waals surface area (Å²) in [5.41, 5.74) is 0.958. The Morgan fingerprint density at radius 1 is 1.00 bits per heavy atom. The van der Waals surface area contributed by atoms with Crippen molar-refractivity contribution in [2.45, 2.75) is 0 Å². The molecule has 4 heteroatoms. The molecule has 3 rings (SSSR count). The van der Waals surface area contributed by atoms with Gasteiger partial charge >= 0.3 is 6.09 Å². The fourth-order valence-electron chi connectivity index (χ4n) is 2.07. The lowest BCUT2D eigenvalue weighted by Gasteiger charge is -2.19. The van der Waals surface area contributed by atoms with E-state index in [1.165, 1.54) is 5.01 Å². The van der Waals surface area contributed by atoms with Crippen LogP contribution in [-0.2, 0) is 0 Å². The van der Waals surface area contributed by atoms with Gasteiger partial charge in [-0.1, -0.05) is 36.4 Å². The first kappa shape index (κ1) is 12.3. The third-order valence-electron chi connectivity index (χ3n) is 3.11. The summed E-state index contributed by atoms with van der Waals surface area (Å²) in [6.07, 6.45) is 1.41. The van der Waals surface area contributed by atoms with Crippen LogP contribution in [0.2, 0.25) is 0 Å². The van der Waals surface area contributed by atoms with E-state index in [1.807, 2.05) is 54.7 Å². The maximum atomic E-state index is 12.1.